The van der Waals surface area contributed by atoms with E-state index in [9.17, 15) is 9.18 Å². The molecule has 0 bridgehead atoms. The Balaban J connectivity index is 1.50. The zero-order chi connectivity index (χ0) is 18.8. The van der Waals surface area contributed by atoms with Gasteiger partial charge in [0.1, 0.15) is 5.82 Å². The van der Waals surface area contributed by atoms with E-state index < -0.39 is 0 Å². The van der Waals surface area contributed by atoms with Crippen LogP contribution in [0, 0.1) is 5.82 Å². The number of halogens is 2. The van der Waals surface area contributed by atoms with Crippen LogP contribution >= 0.6 is 11.6 Å². The summed E-state index contributed by atoms with van der Waals surface area (Å²) in [5.41, 5.74) is 1.26. The van der Waals surface area contributed by atoms with E-state index in [1.54, 1.807) is 17.0 Å². The van der Waals surface area contributed by atoms with Crippen LogP contribution in [-0.2, 0) is 0 Å². The summed E-state index contributed by atoms with van der Waals surface area (Å²) in [6.45, 7) is 1.15. The number of hydrogen-bond donors (Lipinski definition) is 0. The van der Waals surface area contributed by atoms with Crippen LogP contribution in [0.2, 0.25) is 5.02 Å². The SMILES string of the molecule is O=C(c1ccc(F)cc1)N1CCCC(c2nc(-c3cccc(Cl)c3)no2)C1. The second-order valence-corrected chi connectivity index (χ2v) is 7.00. The lowest BCUT2D eigenvalue weighted by Crippen LogP contribution is -2.39. The Morgan fingerprint density at radius 3 is 2.81 bits per heavy atom. The van der Waals surface area contributed by atoms with E-state index in [4.69, 9.17) is 16.1 Å². The fraction of sp³-hybridized carbons (Fsp3) is 0.250. The van der Waals surface area contributed by atoms with Crippen LogP contribution in [-0.4, -0.2) is 34.0 Å². The number of hydrogen-bond acceptors (Lipinski definition) is 4. The van der Waals surface area contributed by atoms with Gasteiger partial charge in [-0.2, -0.15) is 4.98 Å². The van der Waals surface area contributed by atoms with Gasteiger partial charge in [-0.25, -0.2) is 4.39 Å². The summed E-state index contributed by atoms with van der Waals surface area (Å²) < 4.78 is 18.5. The van der Waals surface area contributed by atoms with Crippen LogP contribution < -0.4 is 0 Å². The second-order valence-electron chi connectivity index (χ2n) is 6.56. The zero-order valence-corrected chi connectivity index (χ0v) is 15.2. The third kappa shape index (κ3) is 3.85. The molecule has 0 N–H and O–H groups in total. The van der Waals surface area contributed by atoms with Crippen molar-refractivity contribution in [2.45, 2.75) is 18.8 Å². The maximum absolute atomic E-state index is 13.1. The van der Waals surface area contributed by atoms with Gasteiger partial charge in [-0.3, -0.25) is 4.79 Å². The summed E-state index contributed by atoms with van der Waals surface area (Å²) in [6.07, 6.45) is 1.71. The summed E-state index contributed by atoms with van der Waals surface area (Å²) in [4.78, 5) is 18.9. The standard InChI is InChI=1S/C20H17ClFN3O2/c21-16-5-1-3-14(11-16)18-23-19(27-24-18)15-4-2-10-25(12-15)20(26)13-6-8-17(22)9-7-13/h1,3,5-9,11,15H,2,4,10,12H2. The summed E-state index contributed by atoms with van der Waals surface area (Å²) >= 11 is 6.02. The summed E-state index contributed by atoms with van der Waals surface area (Å²) in [7, 11) is 0. The minimum absolute atomic E-state index is 0.0245. The molecule has 2 aromatic carbocycles. The Bertz CT molecular complexity index is 958. The topological polar surface area (TPSA) is 59.2 Å². The molecule has 0 radical (unpaired) electrons. The first-order chi connectivity index (χ1) is 13.1. The molecule has 1 amide bonds. The molecule has 0 aliphatic carbocycles. The number of carbonyl (C=O) groups excluding carboxylic acids is 1. The monoisotopic (exact) mass is 385 g/mol. The molecule has 27 heavy (non-hydrogen) atoms. The number of benzene rings is 2. The minimum atomic E-state index is -0.359. The number of likely N-dealkylation sites (tertiary alicyclic amines) is 1. The highest BCUT2D eigenvalue weighted by Crippen LogP contribution is 2.29. The van der Waals surface area contributed by atoms with Gasteiger partial charge in [0.25, 0.3) is 5.91 Å². The van der Waals surface area contributed by atoms with Crippen molar-refractivity contribution in [2.75, 3.05) is 13.1 Å². The Hall–Kier alpha value is -2.73. The Morgan fingerprint density at radius 2 is 2.04 bits per heavy atom. The lowest BCUT2D eigenvalue weighted by molar-refractivity contribution is 0.0695. The van der Waals surface area contributed by atoms with Crippen LogP contribution in [0.5, 0.6) is 0 Å². The molecule has 1 aromatic heterocycles. The smallest absolute Gasteiger partial charge is 0.253 e. The van der Waals surface area contributed by atoms with E-state index in [2.05, 4.69) is 10.1 Å². The van der Waals surface area contributed by atoms with E-state index in [-0.39, 0.29) is 17.6 Å². The van der Waals surface area contributed by atoms with Crippen LogP contribution in [0.3, 0.4) is 0 Å². The highest BCUT2D eigenvalue weighted by Gasteiger charge is 2.29. The first kappa shape index (κ1) is 17.7. The number of aromatic nitrogens is 2. The van der Waals surface area contributed by atoms with Gasteiger partial charge >= 0.3 is 0 Å². The molecule has 0 saturated carbocycles. The molecule has 2 heterocycles. The predicted octanol–water partition coefficient (Wildman–Crippen LogP) is 4.55. The molecular formula is C20H17ClFN3O2. The van der Waals surface area contributed by atoms with Crippen molar-refractivity contribution in [2.24, 2.45) is 0 Å². The van der Waals surface area contributed by atoms with Gasteiger partial charge in [0, 0.05) is 29.2 Å². The molecule has 7 heteroatoms. The van der Waals surface area contributed by atoms with E-state index in [1.807, 2.05) is 12.1 Å². The summed E-state index contributed by atoms with van der Waals surface area (Å²) in [5, 5.41) is 4.65. The number of carbonyl (C=O) groups is 1. The summed E-state index contributed by atoms with van der Waals surface area (Å²) in [5.74, 6) is 0.497. The zero-order valence-electron chi connectivity index (χ0n) is 14.4. The average Bonchev–Trinajstić information content (AvgIpc) is 3.18. The van der Waals surface area contributed by atoms with E-state index in [1.165, 1.54) is 24.3 Å². The molecule has 1 unspecified atom stereocenters. The van der Waals surface area contributed by atoms with Crippen molar-refractivity contribution < 1.29 is 13.7 Å². The molecule has 138 valence electrons. The van der Waals surface area contributed by atoms with Crippen LogP contribution in [0.25, 0.3) is 11.4 Å². The third-order valence-corrected chi connectivity index (χ3v) is 4.91. The van der Waals surface area contributed by atoms with E-state index >= 15 is 0 Å². The second kappa shape index (κ2) is 7.48. The molecule has 4 rings (SSSR count). The van der Waals surface area contributed by atoms with Crippen LogP contribution in [0.15, 0.2) is 53.1 Å². The molecule has 5 nitrogen and oxygen atoms in total. The fourth-order valence-electron chi connectivity index (χ4n) is 3.28. The van der Waals surface area contributed by atoms with Crippen LogP contribution in [0.1, 0.15) is 35.0 Å². The van der Waals surface area contributed by atoms with Gasteiger partial charge in [-0.1, -0.05) is 28.9 Å². The molecule has 3 aromatic rings. The predicted molar refractivity (Wildman–Crippen MR) is 99.0 cm³/mol. The first-order valence-electron chi connectivity index (χ1n) is 8.74. The van der Waals surface area contributed by atoms with Crippen LogP contribution in [0.4, 0.5) is 4.39 Å². The Labute approximate surface area is 160 Å². The first-order valence-corrected chi connectivity index (χ1v) is 9.12. The van der Waals surface area contributed by atoms with Gasteiger partial charge in [0.15, 0.2) is 0 Å². The summed E-state index contributed by atoms with van der Waals surface area (Å²) in [6, 6.07) is 12.9. The lowest BCUT2D eigenvalue weighted by Gasteiger charge is -2.31. The van der Waals surface area contributed by atoms with Gasteiger partial charge < -0.3 is 9.42 Å². The average molecular weight is 386 g/mol. The van der Waals surface area contributed by atoms with Crippen molar-refractivity contribution in [3.63, 3.8) is 0 Å². The van der Waals surface area contributed by atoms with Gasteiger partial charge in [0.05, 0.1) is 5.92 Å². The number of piperidine rings is 1. The third-order valence-electron chi connectivity index (χ3n) is 4.67. The van der Waals surface area contributed by atoms with Crippen molar-refractivity contribution in [1.29, 1.82) is 0 Å². The van der Waals surface area contributed by atoms with E-state index in [0.29, 0.717) is 35.4 Å². The maximum Gasteiger partial charge on any atom is 0.253 e. The molecule has 1 atom stereocenters. The minimum Gasteiger partial charge on any atom is -0.339 e. The van der Waals surface area contributed by atoms with Crippen molar-refractivity contribution in [3.05, 3.63) is 70.8 Å². The van der Waals surface area contributed by atoms with Crippen molar-refractivity contribution in [1.82, 2.24) is 15.0 Å². The van der Waals surface area contributed by atoms with E-state index in [0.717, 1.165) is 18.4 Å². The van der Waals surface area contributed by atoms with Gasteiger partial charge in [-0.15, -0.1) is 0 Å². The molecule has 1 aliphatic rings. The molecular weight excluding hydrogens is 369 g/mol. The van der Waals surface area contributed by atoms with Gasteiger partial charge in [0.2, 0.25) is 11.7 Å². The normalized spacial score (nSPS) is 17.1. The molecule has 1 saturated heterocycles. The van der Waals surface area contributed by atoms with Crippen molar-refractivity contribution >= 4 is 17.5 Å². The molecule has 1 aliphatic heterocycles. The number of rotatable bonds is 3. The Morgan fingerprint density at radius 1 is 1.22 bits per heavy atom. The number of amides is 1. The highest BCUT2D eigenvalue weighted by atomic mass is 35.5. The van der Waals surface area contributed by atoms with Gasteiger partial charge in [-0.05, 0) is 49.2 Å². The highest BCUT2D eigenvalue weighted by molar-refractivity contribution is 6.30. The molecule has 0 spiro atoms. The quantitative estimate of drug-likeness (QED) is 0.663. The Kier molecular flexibility index (Phi) is 4.90. The lowest BCUT2D eigenvalue weighted by atomic mass is 9.97. The number of nitrogens with zero attached hydrogens (tertiary/aromatic N) is 3. The van der Waals surface area contributed by atoms with Crippen molar-refractivity contribution in [3.8, 4) is 11.4 Å². The largest absolute Gasteiger partial charge is 0.339 e. The fourth-order valence-corrected chi connectivity index (χ4v) is 3.47. The maximum atomic E-state index is 13.1. The molecule has 1 fully saturated rings.